The van der Waals surface area contributed by atoms with E-state index in [9.17, 15) is 9.18 Å². The van der Waals surface area contributed by atoms with Gasteiger partial charge >= 0.3 is 0 Å². The van der Waals surface area contributed by atoms with Crippen LogP contribution in [0.2, 0.25) is 0 Å². The van der Waals surface area contributed by atoms with E-state index < -0.39 is 11.6 Å². The number of nitrogens with zero attached hydrogens (tertiary/aromatic N) is 4. The van der Waals surface area contributed by atoms with E-state index in [4.69, 9.17) is 0 Å². The quantitative estimate of drug-likeness (QED) is 0.709. The second-order valence-corrected chi connectivity index (χ2v) is 9.51. The number of nitrogens with one attached hydrogen (secondary N) is 1. The first kappa shape index (κ1) is 20.5. The van der Waals surface area contributed by atoms with Crippen LogP contribution in [0.15, 0.2) is 36.7 Å². The number of carbonyl (C=O) groups is 1. The normalized spacial score (nSPS) is 16.5. The van der Waals surface area contributed by atoms with E-state index in [-0.39, 0.29) is 18.5 Å². The van der Waals surface area contributed by atoms with Gasteiger partial charge in [0.15, 0.2) is 0 Å². The summed E-state index contributed by atoms with van der Waals surface area (Å²) in [5, 5.41) is 4.54. The van der Waals surface area contributed by atoms with Gasteiger partial charge in [0.1, 0.15) is 11.6 Å². The average molecular weight is 410 g/mol. The second kappa shape index (κ2) is 7.16. The highest BCUT2D eigenvalue weighted by Crippen LogP contribution is 2.31. The number of carbonyl (C=O) groups excluding carboxylic acids is 1. The molecule has 1 fully saturated rings. The molecule has 30 heavy (non-hydrogen) atoms. The number of pyridine rings is 1. The predicted molar refractivity (Wildman–Crippen MR) is 117 cm³/mol. The molecule has 0 bridgehead atoms. The highest BCUT2D eigenvalue weighted by Gasteiger charge is 2.50. The third-order valence-corrected chi connectivity index (χ3v) is 5.53. The Morgan fingerprint density at radius 1 is 1.17 bits per heavy atom. The minimum Gasteiger partial charge on any atom is -0.331 e. The number of aryl methyl sites for hydroxylation is 1. The number of alkyl halides is 1. The van der Waals surface area contributed by atoms with Crippen LogP contribution in [0, 0.1) is 12.3 Å². The van der Waals surface area contributed by atoms with E-state index in [2.05, 4.69) is 36.1 Å². The number of halogens is 1. The summed E-state index contributed by atoms with van der Waals surface area (Å²) >= 11 is 0. The van der Waals surface area contributed by atoms with Gasteiger partial charge in [0.05, 0.1) is 11.9 Å². The summed E-state index contributed by atoms with van der Waals surface area (Å²) in [5.74, 6) is 0.664. The minimum absolute atomic E-state index is 0.0713. The molecule has 1 aromatic carbocycles. The Balaban J connectivity index is 1.51. The van der Waals surface area contributed by atoms with E-state index in [0.29, 0.717) is 5.82 Å². The van der Waals surface area contributed by atoms with E-state index in [1.165, 1.54) is 0 Å². The van der Waals surface area contributed by atoms with Crippen LogP contribution in [-0.2, 0) is 11.8 Å². The third-order valence-electron chi connectivity index (χ3n) is 5.53. The second-order valence-electron chi connectivity index (χ2n) is 9.51. The minimum atomic E-state index is -1.87. The van der Waals surface area contributed by atoms with Gasteiger partial charge < -0.3 is 9.88 Å². The van der Waals surface area contributed by atoms with Crippen molar-refractivity contribution in [3.8, 4) is 11.3 Å². The van der Waals surface area contributed by atoms with Gasteiger partial charge in [-0.05, 0) is 29.9 Å². The number of benzene rings is 1. The molecule has 0 atom stereocenters. The van der Waals surface area contributed by atoms with Gasteiger partial charge in [-0.2, -0.15) is 0 Å². The summed E-state index contributed by atoms with van der Waals surface area (Å²) < 4.78 is 17.0. The van der Waals surface area contributed by atoms with Crippen LogP contribution in [0.4, 0.5) is 10.2 Å². The largest absolute Gasteiger partial charge is 0.331 e. The molecular formula is C23H28FN5O. The Bertz CT molecular complexity index is 1110. The summed E-state index contributed by atoms with van der Waals surface area (Å²) in [6, 6.07) is 7.82. The molecule has 1 aliphatic heterocycles. The van der Waals surface area contributed by atoms with Gasteiger partial charge in [0.25, 0.3) is 5.91 Å². The fraction of sp³-hybridized carbons (Fsp3) is 0.435. The molecule has 158 valence electrons. The molecule has 6 nitrogen and oxygen atoms in total. The molecule has 0 saturated carbocycles. The SMILES string of the molecule is Cc1ncc(-c2ccc3cnc(NC(=O)C4(F)CN(CC(C)(C)C)C4)cc3c2)n1C. The molecule has 1 saturated heterocycles. The van der Waals surface area contributed by atoms with Gasteiger partial charge in [0, 0.05) is 43.8 Å². The summed E-state index contributed by atoms with van der Waals surface area (Å²) in [6.45, 7) is 9.26. The Morgan fingerprint density at radius 3 is 2.53 bits per heavy atom. The standard InChI is InChI=1S/C23H28FN5O/c1-15-25-11-19(28(15)5)16-6-7-17-10-26-20(9-18(17)8-16)27-21(30)23(24)13-29(14-23)12-22(2,3)4/h6-11H,12-14H2,1-5H3,(H,26,27,30). The lowest BCUT2D eigenvalue weighted by Gasteiger charge is -2.45. The van der Waals surface area contributed by atoms with Crippen molar-refractivity contribution in [1.82, 2.24) is 19.4 Å². The molecule has 7 heteroatoms. The van der Waals surface area contributed by atoms with Gasteiger partial charge in [-0.1, -0.05) is 32.9 Å². The lowest BCUT2D eigenvalue weighted by atomic mass is 9.89. The number of aromatic nitrogens is 3. The molecule has 1 aliphatic rings. The number of rotatable bonds is 4. The zero-order valence-electron chi connectivity index (χ0n) is 18.2. The molecular weight excluding hydrogens is 381 g/mol. The fourth-order valence-corrected chi connectivity index (χ4v) is 3.96. The molecule has 3 heterocycles. The monoisotopic (exact) mass is 409 g/mol. The fourth-order valence-electron chi connectivity index (χ4n) is 3.96. The molecule has 3 aromatic rings. The first-order valence-corrected chi connectivity index (χ1v) is 10.2. The lowest BCUT2D eigenvalue weighted by Crippen LogP contribution is -2.65. The van der Waals surface area contributed by atoms with Crippen LogP contribution in [-0.4, -0.2) is 50.6 Å². The lowest BCUT2D eigenvalue weighted by molar-refractivity contribution is -0.140. The maximum absolute atomic E-state index is 15.0. The molecule has 2 aromatic heterocycles. The average Bonchev–Trinajstić information content (AvgIpc) is 2.97. The summed E-state index contributed by atoms with van der Waals surface area (Å²) in [6.07, 6.45) is 3.54. The smallest absolute Gasteiger partial charge is 0.265 e. The first-order chi connectivity index (χ1) is 14.0. The molecule has 0 spiro atoms. The molecule has 0 unspecified atom stereocenters. The van der Waals surface area contributed by atoms with Gasteiger partial charge in [-0.25, -0.2) is 14.4 Å². The Labute approximate surface area is 176 Å². The van der Waals surface area contributed by atoms with E-state index in [1.54, 1.807) is 12.3 Å². The van der Waals surface area contributed by atoms with Crippen molar-refractivity contribution in [3.63, 3.8) is 0 Å². The van der Waals surface area contributed by atoms with Gasteiger partial charge in [-0.3, -0.25) is 9.69 Å². The van der Waals surface area contributed by atoms with Crippen molar-refractivity contribution in [1.29, 1.82) is 0 Å². The number of fused-ring (bicyclic) bond motifs is 1. The summed E-state index contributed by atoms with van der Waals surface area (Å²) in [7, 11) is 1.97. The molecule has 1 N–H and O–H groups in total. The van der Waals surface area contributed by atoms with Crippen LogP contribution in [0.25, 0.3) is 22.0 Å². The highest BCUT2D eigenvalue weighted by molar-refractivity contribution is 5.99. The van der Waals surface area contributed by atoms with Crippen molar-refractivity contribution < 1.29 is 9.18 Å². The summed E-state index contributed by atoms with van der Waals surface area (Å²) in [5.41, 5.74) is 0.235. The molecule has 0 radical (unpaired) electrons. The third kappa shape index (κ3) is 3.94. The topological polar surface area (TPSA) is 63.1 Å². The number of amides is 1. The van der Waals surface area contributed by atoms with Crippen LogP contribution in [0.1, 0.15) is 26.6 Å². The van der Waals surface area contributed by atoms with Gasteiger partial charge in [-0.15, -0.1) is 0 Å². The van der Waals surface area contributed by atoms with Crippen molar-refractivity contribution in [2.24, 2.45) is 12.5 Å². The van der Waals surface area contributed by atoms with Crippen molar-refractivity contribution in [2.45, 2.75) is 33.4 Å². The number of anilines is 1. The van der Waals surface area contributed by atoms with Gasteiger partial charge in [0.2, 0.25) is 5.67 Å². The highest BCUT2D eigenvalue weighted by atomic mass is 19.1. The Morgan fingerprint density at radius 2 is 1.90 bits per heavy atom. The van der Waals surface area contributed by atoms with E-state index in [0.717, 1.165) is 34.4 Å². The molecule has 4 rings (SSSR count). The maximum Gasteiger partial charge on any atom is 0.265 e. The number of hydrogen-bond donors (Lipinski definition) is 1. The maximum atomic E-state index is 15.0. The van der Waals surface area contributed by atoms with Crippen LogP contribution in [0.5, 0.6) is 0 Å². The number of imidazole rings is 1. The van der Waals surface area contributed by atoms with Crippen molar-refractivity contribution in [3.05, 3.63) is 42.5 Å². The van der Waals surface area contributed by atoms with Crippen LogP contribution >= 0.6 is 0 Å². The van der Waals surface area contributed by atoms with E-state index in [1.807, 2.05) is 47.8 Å². The number of likely N-dealkylation sites (tertiary alicyclic amines) is 1. The van der Waals surface area contributed by atoms with Crippen LogP contribution < -0.4 is 5.32 Å². The Kier molecular flexibility index (Phi) is 4.89. The molecule has 0 aliphatic carbocycles. The zero-order chi connectivity index (χ0) is 21.7. The molecule has 1 amide bonds. The Hall–Kier alpha value is -2.80. The van der Waals surface area contributed by atoms with Crippen LogP contribution in [0.3, 0.4) is 0 Å². The summed E-state index contributed by atoms with van der Waals surface area (Å²) in [4.78, 5) is 23.1. The first-order valence-electron chi connectivity index (χ1n) is 10.2. The van der Waals surface area contributed by atoms with E-state index >= 15 is 0 Å². The van der Waals surface area contributed by atoms with Crippen molar-refractivity contribution in [2.75, 3.05) is 25.0 Å². The zero-order valence-corrected chi connectivity index (χ0v) is 18.2. The number of hydrogen-bond acceptors (Lipinski definition) is 4. The van der Waals surface area contributed by atoms with Crippen molar-refractivity contribution >= 4 is 22.5 Å². The predicted octanol–water partition coefficient (Wildman–Crippen LogP) is 3.95.